The number of sulfonamides is 2. The van der Waals surface area contributed by atoms with Gasteiger partial charge >= 0.3 is 0 Å². The molecule has 0 bridgehead atoms. The Balaban J connectivity index is 1.70. The molecule has 1 N–H and O–H groups in total. The molecular formula is C19H22IN3O6S2. The molecule has 1 heterocycles. The number of halogens is 1. The highest BCUT2D eigenvalue weighted by Gasteiger charge is 2.26. The molecule has 9 nitrogen and oxygen atoms in total. The zero-order chi connectivity index (χ0) is 22.6. The van der Waals surface area contributed by atoms with Gasteiger partial charge in [-0.25, -0.2) is 16.8 Å². The number of ether oxygens (including phenoxy) is 1. The van der Waals surface area contributed by atoms with E-state index >= 15 is 0 Å². The van der Waals surface area contributed by atoms with Crippen molar-refractivity contribution in [3.63, 3.8) is 0 Å². The summed E-state index contributed by atoms with van der Waals surface area (Å²) in [6.07, 6.45) is 1.03. The summed E-state index contributed by atoms with van der Waals surface area (Å²) in [7, 11) is -7.31. The largest absolute Gasteiger partial charge is 0.379 e. The van der Waals surface area contributed by atoms with Crippen LogP contribution in [0.2, 0.25) is 0 Å². The molecule has 168 valence electrons. The van der Waals surface area contributed by atoms with Crippen LogP contribution in [0.5, 0.6) is 0 Å². The van der Waals surface area contributed by atoms with Crippen LogP contribution in [0.15, 0.2) is 53.4 Å². The molecule has 2 aromatic carbocycles. The SMILES string of the molecule is CS(=O)(=O)N(CC(=O)Nc1ccc(S(=O)(=O)N2CCOCC2)cc1)c1ccc(I)cc1. The first-order valence-electron chi connectivity index (χ1n) is 9.28. The first-order valence-corrected chi connectivity index (χ1v) is 13.7. The third kappa shape index (κ3) is 6.16. The van der Waals surface area contributed by atoms with Gasteiger partial charge in [0.2, 0.25) is 26.0 Å². The lowest BCUT2D eigenvalue weighted by Crippen LogP contribution is -2.40. The number of nitrogens with zero attached hydrogens (tertiary/aromatic N) is 2. The second-order valence-electron chi connectivity index (χ2n) is 6.84. The van der Waals surface area contributed by atoms with Gasteiger partial charge in [-0.05, 0) is 71.1 Å². The van der Waals surface area contributed by atoms with Crippen molar-refractivity contribution in [3.05, 3.63) is 52.1 Å². The van der Waals surface area contributed by atoms with E-state index in [4.69, 9.17) is 4.74 Å². The maximum Gasteiger partial charge on any atom is 0.245 e. The molecule has 0 saturated carbocycles. The molecule has 12 heteroatoms. The highest BCUT2D eigenvalue weighted by Crippen LogP contribution is 2.21. The van der Waals surface area contributed by atoms with Crippen molar-refractivity contribution >= 4 is 59.9 Å². The molecule has 1 aliphatic heterocycles. The van der Waals surface area contributed by atoms with Crippen LogP contribution in [-0.4, -0.2) is 66.2 Å². The van der Waals surface area contributed by atoms with Crippen LogP contribution in [-0.2, 0) is 29.6 Å². The Hall–Kier alpha value is -1.74. The van der Waals surface area contributed by atoms with E-state index in [1.165, 1.54) is 28.6 Å². The van der Waals surface area contributed by atoms with E-state index in [1.807, 2.05) is 0 Å². The van der Waals surface area contributed by atoms with E-state index in [-0.39, 0.29) is 4.90 Å². The summed E-state index contributed by atoms with van der Waals surface area (Å²) in [4.78, 5) is 12.6. The molecule has 3 rings (SSSR count). The average Bonchev–Trinajstić information content (AvgIpc) is 2.73. The van der Waals surface area contributed by atoms with Gasteiger partial charge in [-0.15, -0.1) is 0 Å². The summed E-state index contributed by atoms with van der Waals surface area (Å²) in [6.45, 7) is 0.879. The molecule has 0 radical (unpaired) electrons. The van der Waals surface area contributed by atoms with E-state index < -0.39 is 32.5 Å². The predicted octanol–water partition coefficient (Wildman–Crippen LogP) is 1.72. The zero-order valence-corrected chi connectivity index (χ0v) is 20.5. The zero-order valence-electron chi connectivity index (χ0n) is 16.7. The standard InChI is InChI=1S/C19H22IN3O6S2/c1-30(25,26)23(17-6-2-15(20)3-7-17)14-19(24)21-16-4-8-18(9-5-16)31(27,28)22-10-12-29-13-11-22/h2-9H,10-14H2,1H3,(H,21,24). The van der Waals surface area contributed by atoms with Crippen LogP contribution in [0.3, 0.4) is 0 Å². The van der Waals surface area contributed by atoms with Crippen molar-refractivity contribution in [1.29, 1.82) is 0 Å². The summed E-state index contributed by atoms with van der Waals surface area (Å²) in [5.41, 5.74) is 0.743. The normalized spacial score (nSPS) is 15.4. The molecule has 0 unspecified atom stereocenters. The molecule has 1 aliphatic rings. The second kappa shape index (κ2) is 9.81. The van der Waals surface area contributed by atoms with Crippen LogP contribution >= 0.6 is 22.6 Å². The van der Waals surface area contributed by atoms with Crippen molar-refractivity contribution in [2.75, 3.05) is 48.7 Å². The fraction of sp³-hybridized carbons (Fsp3) is 0.316. The van der Waals surface area contributed by atoms with Crippen molar-refractivity contribution in [2.24, 2.45) is 0 Å². The molecule has 1 fully saturated rings. The highest BCUT2D eigenvalue weighted by atomic mass is 127. The molecule has 31 heavy (non-hydrogen) atoms. The third-order valence-electron chi connectivity index (χ3n) is 4.55. The smallest absolute Gasteiger partial charge is 0.245 e. The molecule has 0 aromatic heterocycles. The minimum Gasteiger partial charge on any atom is -0.379 e. The number of carbonyl (C=O) groups is 1. The number of morpholine rings is 1. The maximum absolute atomic E-state index is 12.7. The molecule has 0 aliphatic carbocycles. The fourth-order valence-electron chi connectivity index (χ4n) is 2.98. The van der Waals surface area contributed by atoms with Gasteiger partial charge in [-0.1, -0.05) is 0 Å². The van der Waals surface area contributed by atoms with E-state index in [0.717, 1.165) is 14.1 Å². The molecule has 1 amide bonds. The topological polar surface area (TPSA) is 113 Å². The number of anilines is 2. The average molecular weight is 579 g/mol. The third-order valence-corrected chi connectivity index (χ3v) is 8.32. The van der Waals surface area contributed by atoms with Gasteiger partial charge in [0, 0.05) is 22.3 Å². The number of amides is 1. The van der Waals surface area contributed by atoms with Gasteiger partial charge in [-0.3, -0.25) is 9.10 Å². The number of nitrogens with one attached hydrogen (secondary N) is 1. The number of hydrogen-bond donors (Lipinski definition) is 1. The molecular weight excluding hydrogens is 557 g/mol. The first-order chi connectivity index (χ1) is 14.6. The number of hydrogen-bond acceptors (Lipinski definition) is 6. The Labute approximate surface area is 195 Å². The minimum absolute atomic E-state index is 0.115. The summed E-state index contributed by atoms with van der Waals surface area (Å²) < 4.78 is 58.2. The lowest BCUT2D eigenvalue weighted by atomic mass is 10.3. The molecule has 0 spiro atoms. The number of benzene rings is 2. The Morgan fingerprint density at radius 2 is 1.61 bits per heavy atom. The summed E-state index contributed by atoms with van der Waals surface area (Å²) in [5, 5.41) is 2.61. The Morgan fingerprint density at radius 3 is 2.16 bits per heavy atom. The quantitative estimate of drug-likeness (QED) is 0.500. The highest BCUT2D eigenvalue weighted by molar-refractivity contribution is 14.1. The van der Waals surface area contributed by atoms with Gasteiger partial charge < -0.3 is 10.1 Å². The summed E-state index contributed by atoms with van der Waals surface area (Å²) >= 11 is 2.10. The number of carbonyl (C=O) groups excluding carboxylic acids is 1. The van der Waals surface area contributed by atoms with Crippen molar-refractivity contribution in [1.82, 2.24) is 4.31 Å². The van der Waals surface area contributed by atoms with Crippen LogP contribution in [0.25, 0.3) is 0 Å². The molecule has 2 aromatic rings. The van der Waals surface area contributed by atoms with Gasteiger partial charge in [0.15, 0.2) is 0 Å². The number of rotatable bonds is 7. The fourth-order valence-corrected chi connectivity index (χ4v) is 5.61. The molecule has 0 atom stereocenters. The van der Waals surface area contributed by atoms with E-state index in [0.29, 0.717) is 37.7 Å². The van der Waals surface area contributed by atoms with Gasteiger partial charge in [0.05, 0.1) is 30.1 Å². The Bertz CT molecular complexity index is 1130. The van der Waals surface area contributed by atoms with Crippen LogP contribution < -0.4 is 9.62 Å². The Morgan fingerprint density at radius 1 is 1.03 bits per heavy atom. The van der Waals surface area contributed by atoms with Crippen molar-refractivity contribution < 1.29 is 26.4 Å². The van der Waals surface area contributed by atoms with E-state index in [9.17, 15) is 21.6 Å². The van der Waals surface area contributed by atoms with Crippen LogP contribution in [0, 0.1) is 3.57 Å². The van der Waals surface area contributed by atoms with Gasteiger partial charge in [0.1, 0.15) is 6.54 Å². The predicted molar refractivity (Wildman–Crippen MR) is 126 cm³/mol. The van der Waals surface area contributed by atoms with Crippen molar-refractivity contribution in [3.8, 4) is 0 Å². The summed E-state index contributed by atoms with van der Waals surface area (Å²) in [5.74, 6) is -0.548. The second-order valence-corrected chi connectivity index (χ2v) is 11.9. The van der Waals surface area contributed by atoms with Crippen LogP contribution in [0.1, 0.15) is 0 Å². The lowest BCUT2D eigenvalue weighted by molar-refractivity contribution is -0.114. The monoisotopic (exact) mass is 579 g/mol. The van der Waals surface area contributed by atoms with Gasteiger partial charge in [-0.2, -0.15) is 4.31 Å². The minimum atomic E-state index is -3.68. The van der Waals surface area contributed by atoms with Gasteiger partial charge in [0.25, 0.3) is 0 Å². The lowest BCUT2D eigenvalue weighted by Gasteiger charge is -2.26. The van der Waals surface area contributed by atoms with E-state index in [1.54, 1.807) is 24.3 Å². The molecule has 1 saturated heterocycles. The van der Waals surface area contributed by atoms with Crippen molar-refractivity contribution in [2.45, 2.75) is 4.90 Å². The van der Waals surface area contributed by atoms with Crippen LogP contribution in [0.4, 0.5) is 11.4 Å². The first kappa shape index (κ1) is 23.9. The Kier molecular flexibility index (Phi) is 7.57. The summed E-state index contributed by atoms with van der Waals surface area (Å²) in [6, 6.07) is 12.5. The van der Waals surface area contributed by atoms with E-state index in [2.05, 4.69) is 27.9 Å². The maximum atomic E-state index is 12.7.